The fourth-order valence-electron chi connectivity index (χ4n) is 6.97. The zero-order valence-electron chi connectivity index (χ0n) is 22.6. The lowest BCUT2D eigenvalue weighted by molar-refractivity contribution is -0.147. The maximum atomic E-state index is 14.3. The van der Waals surface area contributed by atoms with Crippen molar-refractivity contribution in [2.24, 2.45) is 17.6 Å². The molecule has 1 aliphatic carbocycles. The monoisotopic (exact) mass is 521 g/mol. The van der Waals surface area contributed by atoms with E-state index in [1.54, 1.807) is 20.0 Å². The van der Waals surface area contributed by atoms with Crippen LogP contribution >= 0.6 is 0 Å². The molecule has 3 atom stereocenters. The third kappa shape index (κ3) is 4.91. The molecule has 0 spiro atoms. The van der Waals surface area contributed by atoms with Crippen LogP contribution < -0.4 is 16.0 Å². The van der Waals surface area contributed by atoms with Crippen molar-refractivity contribution in [1.82, 2.24) is 15.2 Å². The van der Waals surface area contributed by atoms with Crippen molar-refractivity contribution in [2.75, 3.05) is 25.0 Å². The van der Waals surface area contributed by atoms with Gasteiger partial charge in [-0.05, 0) is 99.9 Å². The van der Waals surface area contributed by atoms with Crippen LogP contribution in [-0.2, 0) is 16.0 Å². The number of pyridine rings is 1. The minimum absolute atomic E-state index is 0.0206. The summed E-state index contributed by atoms with van der Waals surface area (Å²) in [5.74, 6) is -0.241. The van der Waals surface area contributed by atoms with Crippen molar-refractivity contribution in [3.63, 3.8) is 0 Å². The van der Waals surface area contributed by atoms with Gasteiger partial charge in [-0.15, -0.1) is 0 Å². The van der Waals surface area contributed by atoms with Gasteiger partial charge in [-0.25, -0.2) is 9.37 Å². The topological polar surface area (TPSA) is 91.6 Å². The summed E-state index contributed by atoms with van der Waals surface area (Å²) in [7, 11) is 1.73. The van der Waals surface area contributed by atoms with Crippen molar-refractivity contribution >= 4 is 23.3 Å². The van der Waals surface area contributed by atoms with Crippen LogP contribution in [0.1, 0.15) is 75.5 Å². The summed E-state index contributed by atoms with van der Waals surface area (Å²) in [5, 5.41) is 3.13. The van der Waals surface area contributed by atoms with Gasteiger partial charge >= 0.3 is 0 Å². The second-order valence-electron chi connectivity index (χ2n) is 11.4. The van der Waals surface area contributed by atoms with Gasteiger partial charge in [0, 0.05) is 25.0 Å². The molecule has 0 radical (unpaired) electrons. The van der Waals surface area contributed by atoms with Gasteiger partial charge in [-0.2, -0.15) is 0 Å². The zero-order chi connectivity index (χ0) is 26.9. The molecule has 1 saturated heterocycles. The van der Waals surface area contributed by atoms with Crippen molar-refractivity contribution < 1.29 is 14.0 Å². The standard InChI is InChI=1S/C30H40FN5O2/c1-30(33-2,29(32)38)27(20-8-4-3-5-9-20)28(37)36-17-7-11-24(36)22-14-15-34-26(19-22)35-16-6-10-21-18-23(31)12-13-25(21)35/h12-15,18-20,24,27,33H,3-11,16-17H2,1-2H3,(H2,32,38)/t24-,27+,30?/m0/s1. The Morgan fingerprint density at radius 1 is 1.08 bits per heavy atom. The molecule has 3 heterocycles. The fraction of sp³-hybridized carbons (Fsp3) is 0.567. The molecular formula is C30H40FN5O2. The Bertz CT molecular complexity index is 1180. The average molecular weight is 522 g/mol. The lowest BCUT2D eigenvalue weighted by Crippen LogP contribution is -2.63. The van der Waals surface area contributed by atoms with Crippen molar-refractivity contribution in [1.29, 1.82) is 0 Å². The second-order valence-corrected chi connectivity index (χ2v) is 11.4. The molecule has 0 bridgehead atoms. The number of aryl methyl sites for hydroxylation is 1. The summed E-state index contributed by atoms with van der Waals surface area (Å²) in [6.07, 6.45) is 10.5. The molecule has 1 aromatic carbocycles. The van der Waals surface area contributed by atoms with E-state index in [0.29, 0.717) is 6.54 Å². The molecule has 1 aromatic heterocycles. The van der Waals surface area contributed by atoms with Crippen LogP contribution in [-0.4, -0.2) is 47.4 Å². The highest BCUT2D eigenvalue weighted by molar-refractivity contribution is 5.93. The van der Waals surface area contributed by atoms with E-state index in [1.165, 1.54) is 12.5 Å². The first kappa shape index (κ1) is 26.6. The number of nitrogens with one attached hydrogen (secondary N) is 1. The SMILES string of the molecule is CNC(C)(C(N)=O)[C@@H](C(=O)N1CCC[C@H]1c1ccnc(N2CCCc3cc(F)ccc32)c1)C1CCCCC1. The quantitative estimate of drug-likeness (QED) is 0.555. The van der Waals surface area contributed by atoms with E-state index in [1.807, 2.05) is 23.2 Å². The molecule has 3 aliphatic rings. The van der Waals surface area contributed by atoms with Gasteiger partial charge in [0.15, 0.2) is 0 Å². The van der Waals surface area contributed by atoms with E-state index < -0.39 is 17.4 Å². The highest BCUT2D eigenvalue weighted by Gasteiger charge is 2.50. The van der Waals surface area contributed by atoms with E-state index in [9.17, 15) is 14.0 Å². The maximum absolute atomic E-state index is 14.3. The van der Waals surface area contributed by atoms with Gasteiger partial charge in [-0.1, -0.05) is 19.3 Å². The predicted molar refractivity (Wildman–Crippen MR) is 146 cm³/mol. The molecule has 7 nitrogen and oxygen atoms in total. The van der Waals surface area contributed by atoms with Gasteiger partial charge in [0.2, 0.25) is 11.8 Å². The van der Waals surface area contributed by atoms with E-state index in [2.05, 4.69) is 21.3 Å². The van der Waals surface area contributed by atoms with Crippen molar-refractivity contribution in [2.45, 2.75) is 76.3 Å². The fourth-order valence-corrected chi connectivity index (χ4v) is 6.97. The first-order chi connectivity index (χ1) is 18.3. The number of rotatable bonds is 7. The first-order valence-corrected chi connectivity index (χ1v) is 14.1. The number of benzene rings is 1. The minimum Gasteiger partial charge on any atom is -0.368 e. The number of anilines is 2. The number of fused-ring (bicyclic) bond motifs is 1. The third-order valence-electron chi connectivity index (χ3n) is 9.17. The average Bonchev–Trinajstić information content (AvgIpc) is 3.43. The predicted octanol–water partition coefficient (Wildman–Crippen LogP) is 4.63. The Labute approximate surface area is 225 Å². The molecule has 2 aromatic rings. The summed E-state index contributed by atoms with van der Waals surface area (Å²) in [5.41, 5.74) is 7.83. The number of nitrogens with zero attached hydrogens (tertiary/aromatic N) is 3. The van der Waals surface area contributed by atoms with Gasteiger partial charge < -0.3 is 20.9 Å². The number of likely N-dealkylation sites (N-methyl/N-ethyl adjacent to an activating group) is 1. The molecule has 204 valence electrons. The number of carbonyl (C=O) groups excluding carboxylic acids is 2. The molecule has 2 amide bonds. The molecule has 5 rings (SSSR count). The van der Waals surface area contributed by atoms with Crippen LogP contribution in [0.15, 0.2) is 36.5 Å². The Balaban J connectivity index is 1.45. The van der Waals surface area contributed by atoms with Crippen LogP contribution in [0, 0.1) is 17.7 Å². The number of hydrogen-bond acceptors (Lipinski definition) is 5. The van der Waals surface area contributed by atoms with Gasteiger partial charge in [0.05, 0.1) is 12.0 Å². The first-order valence-electron chi connectivity index (χ1n) is 14.1. The number of halogens is 1. The molecule has 2 aliphatic heterocycles. The maximum Gasteiger partial charge on any atom is 0.238 e. The highest BCUT2D eigenvalue weighted by atomic mass is 19.1. The van der Waals surface area contributed by atoms with Gasteiger partial charge in [-0.3, -0.25) is 9.59 Å². The number of aromatic nitrogens is 1. The second kappa shape index (κ2) is 11.0. The number of hydrogen-bond donors (Lipinski definition) is 2. The summed E-state index contributed by atoms with van der Waals surface area (Å²) in [6.45, 7) is 3.26. The van der Waals surface area contributed by atoms with Gasteiger partial charge in [0.1, 0.15) is 17.2 Å². The van der Waals surface area contributed by atoms with E-state index in [-0.39, 0.29) is 23.7 Å². The highest BCUT2D eigenvalue weighted by Crippen LogP contribution is 2.42. The number of carbonyl (C=O) groups is 2. The zero-order valence-corrected chi connectivity index (χ0v) is 22.6. The third-order valence-corrected chi connectivity index (χ3v) is 9.17. The van der Waals surface area contributed by atoms with E-state index in [0.717, 1.165) is 80.5 Å². The molecule has 3 N–H and O–H groups in total. The lowest BCUT2D eigenvalue weighted by Gasteiger charge is -2.43. The Kier molecular flexibility index (Phi) is 7.70. The van der Waals surface area contributed by atoms with Crippen LogP contribution in [0.3, 0.4) is 0 Å². The Morgan fingerprint density at radius 3 is 2.61 bits per heavy atom. The van der Waals surface area contributed by atoms with Gasteiger partial charge in [0.25, 0.3) is 0 Å². The summed E-state index contributed by atoms with van der Waals surface area (Å²) in [4.78, 5) is 35.8. The molecule has 1 saturated carbocycles. The molecule has 38 heavy (non-hydrogen) atoms. The van der Waals surface area contributed by atoms with E-state index in [4.69, 9.17) is 5.73 Å². The number of likely N-dealkylation sites (tertiary alicyclic amines) is 1. The van der Waals surface area contributed by atoms with Crippen LogP contribution in [0.2, 0.25) is 0 Å². The lowest BCUT2D eigenvalue weighted by atomic mass is 9.69. The van der Waals surface area contributed by atoms with Crippen LogP contribution in [0.4, 0.5) is 15.9 Å². The normalized spacial score (nSPS) is 22.6. The molecule has 1 unspecified atom stereocenters. The molecule has 2 fully saturated rings. The van der Waals surface area contributed by atoms with E-state index >= 15 is 0 Å². The Morgan fingerprint density at radius 2 is 1.87 bits per heavy atom. The van der Waals surface area contributed by atoms with Crippen molar-refractivity contribution in [3.05, 3.63) is 53.5 Å². The molecule has 8 heteroatoms. The number of amides is 2. The van der Waals surface area contributed by atoms with Crippen LogP contribution in [0.5, 0.6) is 0 Å². The smallest absolute Gasteiger partial charge is 0.238 e. The minimum atomic E-state index is -1.11. The van der Waals surface area contributed by atoms with Crippen molar-refractivity contribution in [3.8, 4) is 0 Å². The summed E-state index contributed by atoms with van der Waals surface area (Å²) in [6, 6.07) is 8.95. The largest absolute Gasteiger partial charge is 0.368 e. The molecular weight excluding hydrogens is 481 g/mol. The summed E-state index contributed by atoms with van der Waals surface area (Å²) >= 11 is 0. The number of nitrogens with two attached hydrogens (primary N) is 1. The number of primary amides is 1. The summed E-state index contributed by atoms with van der Waals surface area (Å²) < 4.78 is 13.9. The van der Waals surface area contributed by atoms with Crippen LogP contribution in [0.25, 0.3) is 0 Å². The Hall–Kier alpha value is -3.00.